The zero-order chi connectivity index (χ0) is 6.85. The Labute approximate surface area is 51.7 Å². The van der Waals surface area contributed by atoms with Crippen molar-refractivity contribution in [3.8, 4) is 0 Å². The topological polar surface area (TPSA) is 46.6 Å². The van der Waals surface area contributed by atoms with E-state index in [2.05, 4.69) is 11.4 Å². The van der Waals surface area contributed by atoms with Gasteiger partial charge in [0.25, 0.3) is 5.91 Å². The molecule has 0 N–H and O–H groups in total. The number of hydroxylamine groups is 2. The Morgan fingerprint density at radius 2 is 2.44 bits per heavy atom. The average molecular weight is 127 g/mol. The minimum Gasteiger partial charge on any atom is -0.335 e. The van der Waals surface area contributed by atoms with Gasteiger partial charge in [0.15, 0.2) is 6.54 Å². The van der Waals surface area contributed by atoms with Gasteiger partial charge in [0.05, 0.1) is 0 Å². The molecule has 0 unspecified atom stereocenters. The van der Waals surface area contributed by atoms with Gasteiger partial charge in [-0.1, -0.05) is 6.58 Å². The van der Waals surface area contributed by atoms with Crippen molar-refractivity contribution >= 4 is 11.9 Å². The van der Waals surface area contributed by atoms with E-state index in [1.807, 2.05) is 0 Å². The zero-order valence-corrected chi connectivity index (χ0v) is 4.66. The molecule has 0 aromatic carbocycles. The van der Waals surface area contributed by atoms with Crippen LogP contribution in [0.1, 0.15) is 0 Å². The van der Waals surface area contributed by atoms with Crippen molar-refractivity contribution in [2.45, 2.75) is 0 Å². The molecule has 1 aliphatic rings. The van der Waals surface area contributed by atoms with E-state index in [0.29, 0.717) is 0 Å². The van der Waals surface area contributed by atoms with Crippen LogP contribution < -0.4 is 0 Å². The smallest absolute Gasteiger partial charge is 0.335 e. The molecule has 1 amide bonds. The predicted octanol–water partition coefficient (Wildman–Crippen LogP) is -0.527. The summed E-state index contributed by atoms with van der Waals surface area (Å²) in [5.74, 6) is -0.764. The summed E-state index contributed by atoms with van der Waals surface area (Å²) in [7, 11) is 0. The van der Waals surface area contributed by atoms with Crippen molar-refractivity contribution in [2.75, 3.05) is 6.54 Å². The Kier molecular flexibility index (Phi) is 1.22. The molecule has 48 valence electrons. The van der Waals surface area contributed by atoms with Crippen LogP contribution in [0.5, 0.6) is 0 Å². The highest BCUT2D eigenvalue weighted by molar-refractivity contribution is 5.92. The number of nitrogens with zero attached hydrogens (tertiary/aromatic N) is 1. The SMILES string of the molecule is C=CC(=O)N1CC(=O)O1. The van der Waals surface area contributed by atoms with Crippen LogP contribution in [0.25, 0.3) is 0 Å². The first-order valence-electron chi connectivity index (χ1n) is 2.39. The van der Waals surface area contributed by atoms with Gasteiger partial charge in [-0.2, -0.15) is 5.06 Å². The van der Waals surface area contributed by atoms with E-state index in [-0.39, 0.29) is 18.4 Å². The summed E-state index contributed by atoms with van der Waals surface area (Å²) in [5, 5.41) is 0.940. The molecular weight excluding hydrogens is 122 g/mol. The van der Waals surface area contributed by atoms with Crippen molar-refractivity contribution in [3.05, 3.63) is 12.7 Å². The van der Waals surface area contributed by atoms with E-state index in [0.717, 1.165) is 11.1 Å². The first-order chi connectivity index (χ1) is 4.24. The Bertz CT molecular complexity index is 167. The molecule has 0 bridgehead atoms. The van der Waals surface area contributed by atoms with Gasteiger partial charge in [0.2, 0.25) is 0 Å². The van der Waals surface area contributed by atoms with Gasteiger partial charge in [0.1, 0.15) is 0 Å². The van der Waals surface area contributed by atoms with Crippen LogP contribution in [-0.2, 0) is 14.4 Å². The number of carbonyl (C=O) groups excluding carboxylic acids is 2. The maximum Gasteiger partial charge on any atom is 0.355 e. The highest BCUT2D eigenvalue weighted by Gasteiger charge is 2.29. The van der Waals surface area contributed by atoms with Crippen LogP contribution in [0.3, 0.4) is 0 Å². The largest absolute Gasteiger partial charge is 0.355 e. The third-order valence-corrected chi connectivity index (χ3v) is 0.905. The average Bonchev–Trinajstić information content (AvgIpc) is 1.79. The number of carbonyl (C=O) groups is 2. The predicted molar refractivity (Wildman–Crippen MR) is 28.0 cm³/mol. The van der Waals surface area contributed by atoms with Crippen molar-refractivity contribution in [1.82, 2.24) is 5.06 Å². The minimum atomic E-state index is -0.384. The molecule has 0 spiro atoms. The molecule has 9 heavy (non-hydrogen) atoms. The van der Waals surface area contributed by atoms with Gasteiger partial charge < -0.3 is 4.84 Å². The molecule has 1 rings (SSSR count). The fourth-order valence-electron chi connectivity index (χ4n) is 0.457. The summed E-state index contributed by atoms with van der Waals surface area (Å²) in [6.45, 7) is 3.25. The van der Waals surface area contributed by atoms with Gasteiger partial charge in [-0.05, 0) is 6.08 Å². The Balaban J connectivity index is 2.40. The first kappa shape index (κ1) is 5.81. The van der Waals surface area contributed by atoms with Crippen LogP contribution in [0, 0.1) is 0 Å². The summed E-state index contributed by atoms with van der Waals surface area (Å²) in [5.41, 5.74) is 0. The summed E-state index contributed by atoms with van der Waals surface area (Å²) >= 11 is 0. The lowest BCUT2D eigenvalue weighted by molar-refractivity contribution is -0.229. The standard InChI is InChI=1S/C5H5NO3/c1-2-4(7)6-3-5(8)9-6/h2H,1,3H2. The third kappa shape index (κ3) is 0.910. The third-order valence-electron chi connectivity index (χ3n) is 0.905. The highest BCUT2D eigenvalue weighted by atomic mass is 16.8. The quantitative estimate of drug-likeness (QED) is 0.445. The zero-order valence-electron chi connectivity index (χ0n) is 4.66. The number of hydrogen-bond donors (Lipinski definition) is 0. The van der Waals surface area contributed by atoms with Crippen LogP contribution >= 0.6 is 0 Å². The van der Waals surface area contributed by atoms with Crippen LogP contribution in [0.15, 0.2) is 12.7 Å². The second-order valence-corrected chi connectivity index (χ2v) is 1.54. The molecule has 0 aromatic rings. The van der Waals surface area contributed by atoms with Gasteiger partial charge in [0, 0.05) is 0 Å². The van der Waals surface area contributed by atoms with Gasteiger partial charge in [-0.15, -0.1) is 0 Å². The lowest BCUT2D eigenvalue weighted by Crippen LogP contribution is -2.47. The maximum absolute atomic E-state index is 10.5. The van der Waals surface area contributed by atoms with E-state index in [1.165, 1.54) is 0 Å². The van der Waals surface area contributed by atoms with Gasteiger partial charge in [-0.25, -0.2) is 4.79 Å². The second-order valence-electron chi connectivity index (χ2n) is 1.54. The normalized spacial score (nSPS) is 16.0. The minimum absolute atomic E-state index is 0.0465. The summed E-state index contributed by atoms with van der Waals surface area (Å²) in [6, 6.07) is 0. The van der Waals surface area contributed by atoms with Crippen LogP contribution in [-0.4, -0.2) is 23.5 Å². The summed E-state index contributed by atoms with van der Waals surface area (Å²) in [4.78, 5) is 24.8. The Morgan fingerprint density at radius 1 is 1.89 bits per heavy atom. The fourth-order valence-corrected chi connectivity index (χ4v) is 0.457. The molecule has 4 heteroatoms. The van der Waals surface area contributed by atoms with E-state index in [1.54, 1.807) is 0 Å². The molecular formula is C5H5NO3. The van der Waals surface area contributed by atoms with Crippen LogP contribution in [0.2, 0.25) is 0 Å². The highest BCUT2D eigenvalue weighted by Crippen LogP contribution is 2.03. The van der Waals surface area contributed by atoms with E-state index in [4.69, 9.17) is 0 Å². The molecule has 1 saturated heterocycles. The second kappa shape index (κ2) is 1.89. The lowest BCUT2D eigenvalue weighted by atomic mass is 10.5. The number of rotatable bonds is 1. The molecule has 4 nitrogen and oxygen atoms in total. The first-order valence-corrected chi connectivity index (χ1v) is 2.39. The van der Waals surface area contributed by atoms with Crippen molar-refractivity contribution in [3.63, 3.8) is 0 Å². The molecule has 0 aromatic heterocycles. The number of hydrogen-bond acceptors (Lipinski definition) is 3. The van der Waals surface area contributed by atoms with Crippen molar-refractivity contribution < 1.29 is 14.4 Å². The molecule has 1 aliphatic heterocycles. The molecule has 1 heterocycles. The molecule has 0 atom stereocenters. The summed E-state index contributed by atoms with van der Waals surface area (Å²) in [6.07, 6.45) is 1.09. The number of amides is 1. The van der Waals surface area contributed by atoms with E-state index in [9.17, 15) is 9.59 Å². The van der Waals surface area contributed by atoms with Crippen molar-refractivity contribution in [2.24, 2.45) is 0 Å². The molecule has 0 saturated carbocycles. The van der Waals surface area contributed by atoms with E-state index < -0.39 is 0 Å². The lowest BCUT2D eigenvalue weighted by Gasteiger charge is -2.26. The fraction of sp³-hybridized carbons (Fsp3) is 0.200. The summed E-state index contributed by atoms with van der Waals surface area (Å²) < 4.78 is 0. The molecule has 0 aliphatic carbocycles. The molecule has 1 fully saturated rings. The van der Waals surface area contributed by atoms with Crippen LogP contribution in [0.4, 0.5) is 0 Å². The van der Waals surface area contributed by atoms with Gasteiger partial charge in [-0.3, -0.25) is 4.79 Å². The van der Waals surface area contributed by atoms with E-state index >= 15 is 0 Å². The monoisotopic (exact) mass is 127 g/mol. The molecule has 0 radical (unpaired) electrons. The Morgan fingerprint density at radius 3 is 2.78 bits per heavy atom. The van der Waals surface area contributed by atoms with Gasteiger partial charge >= 0.3 is 5.97 Å². The Hall–Kier alpha value is -1.32. The maximum atomic E-state index is 10.5. The van der Waals surface area contributed by atoms with Crippen molar-refractivity contribution in [1.29, 1.82) is 0 Å².